The molecule has 112 valence electrons. The second kappa shape index (κ2) is 6.50. The van der Waals surface area contributed by atoms with E-state index in [-0.39, 0.29) is 10.6 Å². The molecule has 5 heteroatoms. The first-order valence-corrected chi connectivity index (χ1v) is 6.96. The second-order valence-electron chi connectivity index (χ2n) is 4.76. The summed E-state index contributed by atoms with van der Waals surface area (Å²) in [7, 11) is 0. The summed E-state index contributed by atoms with van der Waals surface area (Å²) in [5.41, 5.74) is 0.980. The Morgan fingerprint density at radius 1 is 1.05 bits per heavy atom. The van der Waals surface area contributed by atoms with Crippen molar-refractivity contribution in [2.45, 2.75) is 19.9 Å². The molecule has 1 unspecified atom stereocenters. The Labute approximate surface area is 126 Å². The van der Waals surface area contributed by atoms with Gasteiger partial charge in [0.25, 0.3) is 0 Å². The summed E-state index contributed by atoms with van der Waals surface area (Å²) >= 11 is 5.99. The first-order valence-electron chi connectivity index (χ1n) is 6.58. The molecule has 0 radical (unpaired) electrons. The van der Waals surface area contributed by atoms with Crippen LogP contribution in [0.15, 0.2) is 30.3 Å². The van der Waals surface area contributed by atoms with Crippen LogP contribution < -0.4 is 5.32 Å². The first-order chi connectivity index (χ1) is 9.95. The van der Waals surface area contributed by atoms with Gasteiger partial charge in [0, 0.05) is 11.6 Å². The number of nitrogens with one attached hydrogen (secondary N) is 1. The monoisotopic (exact) mass is 313 g/mol. The highest BCUT2D eigenvalue weighted by Crippen LogP contribution is 2.32. The molecular weight excluding hydrogens is 299 g/mol. The average Bonchev–Trinajstić information content (AvgIpc) is 2.44. The smallest absolute Gasteiger partial charge is 0.142 e. The van der Waals surface area contributed by atoms with E-state index < -0.39 is 23.5 Å². The van der Waals surface area contributed by atoms with Crippen molar-refractivity contribution in [2.75, 3.05) is 6.54 Å². The Morgan fingerprint density at radius 2 is 1.76 bits per heavy atom. The van der Waals surface area contributed by atoms with Gasteiger partial charge in [0.05, 0.1) is 11.1 Å². The molecule has 2 aromatic rings. The van der Waals surface area contributed by atoms with Crippen LogP contribution >= 0.6 is 11.6 Å². The van der Waals surface area contributed by atoms with Gasteiger partial charge in [0.1, 0.15) is 17.5 Å². The highest BCUT2D eigenvalue weighted by molar-refractivity contribution is 6.31. The van der Waals surface area contributed by atoms with E-state index in [1.54, 1.807) is 13.0 Å². The average molecular weight is 314 g/mol. The fourth-order valence-electron chi connectivity index (χ4n) is 2.24. The number of halogens is 4. The normalized spacial score (nSPS) is 12.5. The van der Waals surface area contributed by atoms with E-state index in [4.69, 9.17) is 11.6 Å². The third-order valence-corrected chi connectivity index (χ3v) is 3.69. The summed E-state index contributed by atoms with van der Waals surface area (Å²) in [6.07, 6.45) is 0. The van der Waals surface area contributed by atoms with Crippen LogP contribution in [-0.4, -0.2) is 6.54 Å². The maximum atomic E-state index is 14.1. The number of rotatable bonds is 4. The highest BCUT2D eigenvalue weighted by Gasteiger charge is 2.22. The van der Waals surface area contributed by atoms with Gasteiger partial charge in [0.15, 0.2) is 0 Å². The number of benzene rings is 2. The van der Waals surface area contributed by atoms with Gasteiger partial charge in [-0.05, 0) is 36.7 Å². The first kappa shape index (κ1) is 15.9. The molecule has 0 saturated heterocycles. The molecule has 0 saturated carbocycles. The van der Waals surface area contributed by atoms with Crippen LogP contribution in [0.5, 0.6) is 0 Å². The number of aryl methyl sites for hydroxylation is 1. The van der Waals surface area contributed by atoms with Crippen molar-refractivity contribution in [3.63, 3.8) is 0 Å². The number of hydrogen-bond acceptors (Lipinski definition) is 1. The zero-order chi connectivity index (χ0) is 15.6. The third kappa shape index (κ3) is 3.22. The van der Waals surface area contributed by atoms with Gasteiger partial charge >= 0.3 is 0 Å². The molecule has 2 aromatic carbocycles. The quantitative estimate of drug-likeness (QED) is 0.857. The minimum atomic E-state index is -0.690. The van der Waals surface area contributed by atoms with Crippen LogP contribution in [0.25, 0.3) is 0 Å². The minimum Gasteiger partial charge on any atom is -0.306 e. The summed E-state index contributed by atoms with van der Waals surface area (Å²) in [4.78, 5) is 0. The number of hydrogen-bond donors (Lipinski definition) is 1. The lowest BCUT2D eigenvalue weighted by molar-refractivity contribution is 0.535. The van der Waals surface area contributed by atoms with E-state index in [9.17, 15) is 13.2 Å². The van der Waals surface area contributed by atoms with E-state index >= 15 is 0 Å². The Morgan fingerprint density at radius 3 is 2.43 bits per heavy atom. The highest BCUT2D eigenvalue weighted by atomic mass is 35.5. The zero-order valence-corrected chi connectivity index (χ0v) is 12.4. The van der Waals surface area contributed by atoms with Crippen molar-refractivity contribution < 1.29 is 13.2 Å². The Kier molecular flexibility index (Phi) is 4.91. The van der Waals surface area contributed by atoms with Crippen LogP contribution in [0.1, 0.15) is 29.7 Å². The predicted octanol–water partition coefficient (Wildman–Crippen LogP) is 4.76. The van der Waals surface area contributed by atoms with Gasteiger partial charge in [0.2, 0.25) is 0 Å². The summed E-state index contributed by atoms with van der Waals surface area (Å²) in [5, 5.41) is 2.99. The van der Waals surface area contributed by atoms with Crippen LogP contribution in [0.2, 0.25) is 5.02 Å². The van der Waals surface area contributed by atoms with Crippen molar-refractivity contribution in [1.29, 1.82) is 0 Å². The fraction of sp³-hybridized carbons (Fsp3) is 0.250. The van der Waals surface area contributed by atoms with Crippen molar-refractivity contribution in [1.82, 2.24) is 5.32 Å². The molecule has 0 aromatic heterocycles. The third-order valence-electron chi connectivity index (χ3n) is 3.29. The Hall–Kier alpha value is -1.52. The standard InChI is InChI=1S/C16H15ClF3N/c1-3-21-16(10-5-4-6-12(18)15(10)17)11-7-9(2)13(19)8-14(11)20/h4-8,16,21H,3H2,1-2H3. The van der Waals surface area contributed by atoms with Gasteiger partial charge < -0.3 is 5.32 Å². The molecule has 0 aliphatic heterocycles. The van der Waals surface area contributed by atoms with Crippen LogP contribution in [0.4, 0.5) is 13.2 Å². The molecule has 0 fully saturated rings. The predicted molar refractivity (Wildman–Crippen MR) is 78.0 cm³/mol. The molecule has 0 spiro atoms. The van der Waals surface area contributed by atoms with Crippen molar-refractivity contribution >= 4 is 11.6 Å². The van der Waals surface area contributed by atoms with Gasteiger partial charge in [-0.1, -0.05) is 30.7 Å². The van der Waals surface area contributed by atoms with E-state index in [2.05, 4.69) is 5.32 Å². The molecule has 0 amide bonds. The summed E-state index contributed by atoms with van der Waals surface area (Å²) < 4.78 is 41.1. The molecule has 2 rings (SSSR count). The molecule has 0 heterocycles. The van der Waals surface area contributed by atoms with Gasteiger partial charge in [-0.2, -0.15) is 0 Å². The lowest BCUT2D eigenvalue weighted by atomic mass is 9.96. The van der Waals surface area contributed by atoms with Crippen LogP contribution in [0.3, 0.4) is 0 Å². The minimum absolute atomic E-state index is 0.0650. The van der Waals surface area contributed by atoms with E-state index in [1.165, 1.54) is 18.2 Å². The Balaban J connectivity index is 2.59. The van der Waals surface area contributed by atoms with E-state index in [0.29, 0.717) is 17.7 Å². The van der Waals surface area contributed by atoms with Crippen LogP contribution in [0, 0.1) is 24.4 Å². The molecule has 0 aliphatic carbocycles. The molecular formula is C16H15ClF3N. The fourth-order valence-corrected chi connectivity index (χ4v) is 2.47. The van der Waals surface area contributed by atoms with Gasteiger partial charge in [-0.25, -0.2) is 13.2 Å². The lowest BCUT2D eigenvalue weighted by Crippen LogP contribution is -2.24. The van der Waals surface area contributed by atoms with Gasteiger partial charge in [-0.3, -0.25) is 0 Å². The second-order valence-corrected chi connectivity index (χ2v) is 5.13. The Bertz CT molecular complexity index is 658. The topological polar surface area (TPSA) is 12.0 Å². The zero-order valence-electron chi connectivity index (χ0n) is 11.7. The summed E-state index contributed by atoms with van der Waals surface area (Å²) in [6, 6.07) is 5.98. The molecule has 21 heavy (non-hydrogen) atoms. The molecule has 1 atom stereocenters. The molecule has 0 aliphatic rings. The SMILES string of the molecule is CCNC(c1cc(C)c(F)cc1F)c1cccc(F)c1Cl. The van der Waals surface area contributed by atoms with Crippen LogP contribution in [-0.2, 0) is 0 Å². The maximum absolute atomic E-state index is 14.1. The largest absolute Gasteiger partial charge is 0.306 e. The van der Waals surface area contributed by atoms with E-state index in [0.717, 1.165) is 6.07 Å². The summed E-state index contributed by atoms with van der Waals surface area (Å²) in [6.45, 7) is 3.91. The van der Waals surface area contributed by atoms with Crippen molar-refractivity contribution in [3.8, 4) is 0 Å². The van der Waals surface area contributed by atoms with Gasteiger partial charge in [-0.15, -0.1) is 0 Å². The molecule has 1 N–H and O–H groups in total. The lowest BCUT2D eigenvalue weighted by Gasteiger charge is -2.21. The molecule has 0 bridgehead atoms. The van der Waals surface area contributed by atoms with E-state index in [1.807, 2.05) is 6.92 Å². The van der Waals surface area contributed by atoms with Crippen molar-refractivity contribution in [3.05, 3.63) is 69.5 Å². The molecule has 1 nitrogen and oxygen atoms in total. The van der Waals surface area contributed by atoms with Crippen molar-refractivity contribution in [2.24, 2.45) is 0 Å². The summed E-state index contributed by atoms with van der Waals surface area (Å²) in [5.74, 6) is -1.88. The maximum Gasteiger partial charge on any atom is 0.142 e.